The van der Waals surface area contributed by atoms with Gasteiger partial charge in [0.2, 0.25) is 0 Å². The van der Waals surface area contributed by atoms with E-state index in [4.69, 9.17) is 30.3 Å². The molecule has 0 unspecified atom stereocenters. The van der Waals surface area contributed by atoms with Crippen LogP contribution in [0, 0.1) is 5.82 Å². The highest BCUT2D eigenvalue weighted by Gasteiger charge is 2.18. The number of nitrogens with zero attached hydrogens (tertiary/aromatic N) is 1. The molecule has 0 amide bonds. The number of nitrogen functional groups attached to an aromatic ring is 1. The Bertz CT molecular complexity index is 385. The molecule has 7 heteroatoms. The maximum Gasteiger partial charge on any atom is 0.356 e. The first-order chi connectivity index (χ1) is 5.95. The minimum absolute atomic E-state index is 0.445. The number of carboxylic acids is 1. The largest absolute Gasteiger partial charge is 0.476 e. The topological polar surface area (TPSA) is 76.2 Å². The molecule has 1 aromatic heterocycles. The van der Waals surface area contributed by atoms with E-state index >= 15 is 0 Å². The van der Waals surface area contributed by atoms with Gasteiger partial charge in [0, 0.05) is 5.59 Å². The standard InChI is InChI=1S/C6H3BClFN2O2/c7-5-2(9)3(10)1(8)4(11-5)6(12)13/h(H2,10,11)(H,12,13). The van der Waals surface area contributed by atoms with Crippen molar-refractivity contribution in [1.82, 2.24) is 4.98 Å². The number of nitrogens with two attached hydrogens (primary N) is 1. The average molecular weight is 200 g/mol. The van der Waals surface area contributed by atoms with Crippen molar-refractivity contribution in [3.05, 3.63) is 16.5 Å². The number of aromatic nitrogens is 1. The predicted molar refractivity (Wildman–Crippen MR) is 46.0 cm³/mol. The minimum atomic E-state index is -1.41. The normalized spacial score (nSPS) is 10.0. The summed E-state index contributed by atoms with van der Waals surface area (Å²) in [4.78, 5) is 13.7. The Morgan fingerprint density at radius 3 is 2.69 bits per heavy atom. The Balaban J connectivity index is 3.50. The van der Waals surface area contributed by atoms with Crippen LogP contribution in [-0.2, 0) is 0 Å². The van der Waals surface area contributed by atoms with E-state index in [1.165, 1.54) is 0 Å². The first-order valence-corrected chi connectivity index (χ1v) is 3.46. The van der Waals surface area contributed by atoms with Crippen molar-refractivity contribution in [2.24, 2.45) is 0 Å². The third-order valence-electron chi connectivity index (χ3n) is 1.34. The van der Waals surface area contributed by atoms with Crippen molar-refractivity contribution >= 4 is 36.7 Å². The first-order valence-electron chi connectivity index (χ1n) is 3.08. The molecule has 0 bridgehead atoms. The summed E-state index contributed by atoms with van der Waals surface area (Å²) in [5.74, 6) is -2.42. The molecule has 2 radical (unpaired) electrons. The molecule has 0 saturated heterocycles. The highest BCUT2D eigenvalue weighted by Crippen LogP contribution is 2.22. The van der Waals surface area contributed by atoms with Crippen molar-refractivity contribution in [1.29, 1.82) is 0 Å². The van der Waals surface area contributed by atoms with Crippen molar-refractivity contribution in [3.8, 4) is 0 Å². The van der Waals surface area contributed by atoms with Gasteiger partial charge in [0.1, 0.15) is 7.85 Å². The van der Waals surface area contributed by atoms with E-state index in [1.54, 1.807) is 0 Å². The first kappa shape index (κ1) is 9.79. The summed E-state index contributed by atoms with van der Waals surface area (Å²) in [5.41, 5.74) is 3.48. The van der Waals surface area contributed by atoms with E-state index in [0.717, 1.165) is 0 Å². The van der Waals surface area contributed by atoms with Crippen LogP contribution in [0.2, 0.25) is 5.02 Å². The van der Waals surface area contributed by atoms with Crippen LogP contribution in [0.3, 0.4) is 0 Å². The highest BCUT2D eigenvalue weighted by atomic mass is 35.5. The molecule has 0 aromatic carbocycles. The zero-order chi connectivity index (χ0) is 10.2. The Morgan fingerprint density at radius 1 is 1.69 bits per heavy atom. The lowest BCUT2D eigenvalue weighted by molar-refractivity contribution is 0.0691. The fourth-order valence-electron chi connectivity index (χ4n) is 0.722. The van der Waals surface area contributed by atoms with Crippen LogP contribution in [-0.4, -0.2) is 23.9 Å². The van der Waals surface area contributed by atoms with E-state index in [1.807, 2.05) is 0 Å². The van der Waals surface area contributed by atoms with E-state index in [0.29, 0.717) is 0 Å². The fourth-order valence-corrected chi connectivity index (χ4v) is 0.928. The molecule has 0 spiro atoms. The quantitative estimate of drug-likeness (QED) is 0.623. The number of halogens is 2. The van der Waals surface area contributed by atoms with Crippen LogP contribution >= 0.6 is 11.6 Å². The number of aromatic carboxylic acids is 1. The summed E-state index contributed by atoms with van der Waals surface area (Å²) >= 11 is 5.40. The Labute approximate surface area is 78.9 Å². The summed E-state index contributed by atoms with van der Waals surface area (Å²) in [6.07, 6.45) is 0. The molecule has 0 aliphatic heterocycles. The second-order valence-corrected chi connectivity index (χ2v) is 2.57. The summed E-state index contributed by atoms with van der Waals surface area (Å²) in [6.45, 7) is 0. The van der Waals surface area contributed by atoms with Gasteiger partial charge in [0.05, 0.1) is 10.7 Å². The van der Waals surface area contributed by atoms with Gasteiger partial charge < -0.3 is 10.8 Å². The molecule has 3 N–H and O–H groups in total. The van der Waals surface area contributed by atoms with Gasteiger partial charge in [-0.25, -0.2) is 9.18 Å². The number of anilines is 1. The van der Waals surface area contributed by atoms with Gasteiger partial charge in [-0.15, -0.1) is 0 Å². The van der Waals surface area contributed by atoms with Crippen LogP contribution in [0.1, 0.15) is 10.5 Å². The number of carboxylic acid groups (broad SMARTS) is 1. The molecule has 0 aliphatic rings. The number of hydrogen-bond donors (Lipinski definition) is 2. The number of rotatable bonds is 1. The van der Waals surface area contributed by atoms with Crippen molar-refractivity contribution < 1.29 is 14.3 Å². The van der Waals surface area contributed by atoms with E-state index < -0.39 is 33.8 Å². The third-order valence-corrected chi connectivity index (χ3v) is 1.72. The number of carbonyl (C=O) groups is 1. The summed E-state index contributed by atoms with van der Waals surface area (Å²) in [6, 6.07) is 0. The molecular weight excluding hydrogens is 197 g/mol. The van der Waals surface area contributed by atoms with E-state index in [-0.39, 0.29) is 0 Å². The number of hydrogen-bond acceptors (Lipinski definition) is 3. The molecule has 0 aliphatic carbocycles. The third kappa shape index (κ3) is 1.57. The van der Waals surface area contributed by atoms with Crippen LogP contribution in [0.5, 0.6) is 0 Å². The molecule has 4 nitrogen and oxygen atoms in total. The summed E-state index contributed by atoms with van der Waals surface area (Å²) in [5, 5.41) is 8.08. The highest BCUT2D eigenvalue weighted by molar-refractivity contribution is 6.37. The van der Waals surface area contributed by atoms with Crippen molar-refractivity contribution in [2.75, 3.05) is 5.73 Å². The second-order valence-electron chi connectivity index (χ2n) is 2.19. The molecule has 0 fully saturated rings. The number of pyridine rings is 1. The van der Waals surface area contributed by atoms with Gasteiger partial charge in [0.15, 0.2) is 11.5 Å². The second kappa shape index (κ2) is 3.22. The molecule has 66 valence electrons. The Morgan fingerprint density at radius 2 is 2.23 bits per heavy atom. The zero-order valence-electron chi connectivity index (χ0n) is 6.21. The average Bonchev–Trinajstić information content (AvgIpc) is 2.07. The molecule has 1 heterocycles. The van der Waals surface area contributed by atoms with Crippen LogP contribution in [0.4, 0.5) is 10.1 Å². The monoisotopic (exact) mass is 200 g/mol. The smallest absolute Gasteiger partial charge is 0.356 e. The van der Waals surface area contributed by atoms with Gasteiger partial charge in [-0.1, -0.05) is 11.6 Å². The van der Waals surface area contributed by atoms with Gasteiger partial charge in [-0.3, -0.25) is 4.98 Å². The molecule has 1 aromatic rings. The van der Waals surface area contributed by atoms with Crippen molar-refractivity contribution in [3.63, 3.8) is 0 Å². The van der Waals surface area contributed by atoms with Gasteiger partial charge in [-0.2, -0.15) is 0 Å². The molecular formula is C6H3BClFN2O2. The van der Waals surface area contributed by atoms with Crippen molar-refractivity contribution in [2.45, 2.75) is 0 Å². The predicted octanol–water partition coefficient (Wildman–Crippen LogP) is -0.0517. The van der Waals surface area contributed by atoms with Gasteiger partial charge in [-0.05, 0) is 0 Å². The lowest BCUT2D eigenvalue weighted by atomic mass is 10.0. The van der Waals surface area contributed by atoms with Gasteiger partial charge in [0.25, 0.3) is 0 Å². The Hall–Kier alpha value is -1.30. The summed E-state index contributed by atoms with van der Waals surface area (Å²) < 4.78 is 12.8. The molecule has 0 saturated carbocycles. The fraction of sp³-hybridized carbons (Fsp3) is 0. The maximum absolute atomic E-state index is 12.8. The lowest BCUT2D eigenvalue weighted by Gasteiger charge is -2.05. The minimum Gasteiger partial charge on any atom is -0.476 e. The molecule has 0 atom stereocenters. The van der Waals surface area contributed by atoms with Crippen LogP contribution in [0.15, 0.2) is 0 Å². The zero-order valence-corrected chi connectivity index (χ0v) is 6.97. The van der Waals surface area contributed by atoms with E-state index in [2.05, 4.69) is 4.98 Å². The van der Waals surface area contributed by atoms with Crippen LogP contribution in [0.25, 0.3) is 0 Å². The SMILES string of the molecule is [B]c1nc(C(=O)O)c(Cl)c(N)c1F. The maximum atomic E-state index is 12.8. The van der Waals surface area contributed by atoms with Gasteiger partial charge >= 0.3 is 5.97 Å². The van der Waals surface area contributed by atoms with Crippen LogP contribution < -0.4 is 11.3 Å². The molecule has 1 rings (SSSR count). The lowest BCUT2D eigenvalue weighted by Crippen LogP contribution is -2.21. The Kier molecular flexibility index (Phi) is 2.42. The summed E-state index contributed by atoms with van der Waals surface area (Å²) in [7, 11) is 5.04. The molecule has 13 heavy (non-hydrogen) atoms. The van der Waals surface area contributed by atoms with E-state index in [9.17, 15) is 9.18 Å².